The van der Waals surface area contributed by atoms with Crippen molar-refractivity contribution in [2.45, 2.75) is 0 Å². The van der Waals surface area contributed by atoms with Crippen LogP contribution in [0.1, 0.15) is 9.67 Å². The molecule has 1 N–H and O–H groups in total. The number of nitrogens with zero attached hydrogens (tertiary/aromatic N) is 3. The number of hydrogen-bond donors (Lipinski definition) is 1. The normalized spacial score (nSPS) is 12.1. The highest BCUT2D eigenvalue weighted by Crippen LogP contribution is 2.36. The second kappa shape index (κ2) is 6.78. The Balaban J connectivity index is 1.51. The van der Waals surface area contributed by atoms with Crippen LogP contribution in [0.2, 0.25) is 0 Å². The quantitative estimate of drug-likeness (QED) is 0.563. The van der Waals surface area contributed by atoms with Crippen LogP contribution in [0.5, 0.6) is 11.5 Å². The number of carbonyl (C=O) groups excluding carboxylic acids is 1. The largest absolute Gasteiger partial charge is 0.454 e. The number of rotatable bonds is 4. The van der Waals surface area contributed by atoms with Crippen molar-refractivity contribution >= 4 is 22.9 Å². The average molecular weight is 392 g/mol. The molecule has 1 aliphatic heterocycles. The minimum atomic E-state index is -0.287. The van der Waals surface area contributed by atoms with E-state index >= 15 is 0 Å². The monoisotopic (exact) mass is 392 g/mol. The number of nitrogens with one attached hydrogen (secondary N) is 1. The Bertz CT molecular complexity index is 1140. The fraction of sp³-hybridized carbons (Fsp3) is 0.0526. The van der Waals surface area contributed by atoms with Gasteiger partial charge in [-0.1, -0.05) is 35.5 Å². The van der Waals surface area contributed by atoms with Crippen LogP contribution in [-0.4, -0.2) is 27.8 Å². The Hall–Kier alpha value is -3.72. The molecule has 0 saturated carbocycles. The third-order valence-corrected chi connectivity index (χ3v) is 5.11. The smallest absolute Gasteiger partial charge is 0.268 e. The van der Waals surface area contributed by atoms with Gasteiger partial charge in [0.15, 0.2) is 16.5 Å². The number of amides is 1. The van der Waals surface area contributed by atoms with Gasteiger partial charge in [-0.2, -0.15) is 4.98 Å². The molecular weight excluding hydrogens is 380 g/mol. The van der Waals surface area contributed by atoms with Crippen LogP contribution in [0.25, 0.3) is 22.1 Å². The first-order chi connectivity index (χ1) is 13.8. The van der Waals surface area contributed by atoms with Gasteiger partial charge in [-0.15, -0.1) is 11.3 Å². The van der Waals surface area contributed by atoms with Crippen LogP contribution in [-0.2, 0) is 0 Å². The highest BCUT2D eigenvalue weighted by molar-refractivity contribution is 7.17. The first-order valence-electron chi connectivity index (χ1n) is 8.32. The number of ether oxygens (including phenoxy) is 2. The molecule has 0 atom stereocenters. The highest BCUT2D eigenvalue weighted by atomic mass is 32.1. The Morgan fingerprint density at radius 2 is 1.93 bits per heavy atom. The number of thiazole rings is 1. The molecule has 3 heterocycles. The standard InChI is InChI=1S/C19H12N4O4S/c24-18(21-12-6-7-13-14(8-12)26-10-25-13)16-15(11-4-2-1-3-5-11)22-19(28-16)17-20-9-27-23-17/h1-9H,10H2,(H,21,24). The maximum absolute atomic E-state index is 13.0. The molecule has 138 valence electrons. The number of aromatic nitrogens is 3. The molecule has 0 radical (unpaired) electrons. The summed E-state index contributed by atoms with van der Waals surface area (Å²) in [6.07, 6.45) is 1.23. The van der Waals surface area contributed by atoms with E-state index in [0.717, 1.165) is 5.56 Å². The molecule has 0 bridgehead atoms. The summed E-state index contributed by atoms with van der Waals surface area (Å²) in [5.41, 5.74) is 1.98. The molecule has 4 aromatic rings. The third-order valence-electron chi connectivity index (χ3n) is 4.06. The molecule has 0 unspecified atom stereocenters. The molecule has 0 aliphatic carbocycles. The number of anilines is 1. The van der Waals surface area contributed by atoms with Crippen molar-refractivity contribution in [3.8, 4) is 33.6 Å². The van der Waals surface area contributed by atoms with Crippen LogP contribution < -0.4 is 14.8 Å². The summed E-state index contributed by atoms with van der Waals surface area (Å²) >= 11 is 1.20. The van der Waals surface area contributed by atoms with Crippen molar-refractivity contribution in [3.05, 3.63) is 59.8 Å². The Kier molecular flexibility index (Phi) is 3.99. The first-order valence-corrected chi connectivity index (χ1v) is 9.13. The molecule has 28 heavy (non-hydrogen) atoms. The van der Waals surface area contributed by atoms with Crippen molar-refractivity contribution in [1.29, 1.82) is 0 Å². The summed E-state index contributed by atoms with van der Waals surface area (Å²) in [5.74, 6) is 1.30. The van der Waals surface area contributed by atoms with Gasteiger partial charge >= 0.3 is 0 Å². The zero-order valence-electron chi connectivity index (χ0n) is 14.3. The molecule has 9 heteroatoms. The van der Waals surface area contributed by atoms with Gasteiger partial charge in [0.25, 0.3) is 5.91 Å². The zero-order valence-corrected chi connectivity index (χ0v) is 15.1. The minimum absolute atomic E-state index is 0.174. The van der Waals surface area contributed by atoms with Crippen molar-refractivity contribution in [2.75, 3.05) is 12.1 Å². The van der Waals surface area contributed by atoms with E-state index < -0.39 is 0 Å². The number of hydrogen-bond acceptors (Lipinski definition) is 8. The van der Waals surface area contributed by atoms with Crippen molar-refractivity contribution in [2.24, 2.45) is 0 Å². The second-order valence-electron chi connectivity index (χ2n) is 5.84. The van der Waals surface area contributed by atoms with Crippen molar-refractivity contribution in [1.82, 2.24) is 15.1 Å². The maximum Gasteiger partial charge on any atom is 0.268 e. The third kappa shape index (κ3) is 2.97. The van der Waals surface area contributed by atoms with E-state index in [-0.39, 0.29) is 12.7 Å². The van der Waals surface area contributed by atoms with Gasteiger partial charge in [-0.3, -0.25) is 4.79 Å². The molecular formula is C19H12N4O4S. The van der Waals surface area contributed by atoms with E-state index in [1.165, 1.54) is 17.7 Å². The average Bonchev–Trinajstić information content (AvgIpc) is 3.47. The van der Waals surface area contributed by atoms with E-state index in [2.05, 4.69) is 20.4 Å². The highest BCUT2D eigenvalue weighted by Gasteiger charge is 2.23. The summed E-state index contributed by atoms with van der Waals surface area (Å²) < 4.78 is 15.5. The van der Waals surface area contributed by atoms with Gasteiger partial charge in [0.2, 0.25) is 19.0 Å². The van der Waals surface area contributed by atoms with Crippen molar-refractivity contribution in [3.63, 3.8) is 0 Å². The van der Waals surface area contributed by atoms with Gasteiger partial charge in [0, 0.05) is 17.3 Å². The molecule has 0 saturated heterocycles. The second-order valence-corrected chi connectivity index (χ2v) is 6.84. The van der Waals surface area contributed by atoms with E-state index in [9.17, 15) is 4.79 Å². The van der Waals surface area contributed by atoms with Gasteiger partial charge in [0.1, 0.15) is 4.88 Å². The molecule has 0 fully saturated rings. The number of fused-ring (bicyclic) bond motifs is 1. The lowest BCUT2D eigenvalue weighted by molar-refractivity contribution is 0.103. The predicted octanol–water partition coefficient (Wildman–Crippen LogP) is 3.84. The topological polar surface area (TPSA) is 99.4 Å². The molecule has 0 spiro atoms. The van der Waals surface area contributed by atoms with E-state index in [1.807, 2.05) is 30.3 Å². The summed E-state index contributed by atoms with van der Waals surface area (Å²) in [4.78, 5) is 22.1. The minimum Gasteiger partial charge on any atom is -0.454 e. The summed E-state index contributed by atoms with van der Waals surface area (Å²) in [7, 11) is 0. The van der Waals surface area contributed by atoms with Crippen LogP contribution in [0, 0.1) is 0 Å². The Labute approximate surface area is 162 Å². The molecule has 1 amide bonds. The molecule has 1 aliphatic rings. The predicted molar refractivity (Wildman–Crippen MR) is 101 cm³/mol. The van der Waals surface area contributed by atoms with Crippen LogP contribution in [0.15, 0.2) is 59.4 Å². The van der Waals surface area contributed by atoms with Crippen molar-refractivity contribution < 1.29 is 18.8 Å². The summed E-state index contributed by atoms with van der Waals surface area (Å²) in [5, 5.41) is 7.21. The van der Waals surface area contributed by atoms with E-state index in [0.29, 0.717) is 38.6 Å². The lowest BCUT2D eigenvalue weighted by atomic mass is 10.1. The van der Waals surface area contributed by atoms with E-state index in [4.69, 9.17) is 14.0 Å². The van der Waals surface area contributed by atoms with E-state index in [1.54, 1.807) is 18.2 Å². The number of benzene rings is 2. The molecule has 2 aromatic heterocycles. The summed E-state index contributed by atoms with van der Waals surface area (Å²) in [6.45, 7) is 0.174. The van der Waals surface area contributed by atoms with Crippen LogP contribution >= 0.6 is 11.3 Å². The van der Waals surface area contributed by atoms with Gasteiger partial charge in [-0.25, -0.2) is 4.98 Å². The SMILES string of the molecule is O=C(Nc1ccc2c(c1)OCO2)c1sc(-c2ncon2)nc1-c1ccccc1. The lowest BCUT2D eigenvalue weighted by Gasteiger charge is -2.06. The fourth-order valence-corrected chi connectivity index (χ4v) is 3.70. The van der Waals surface area contributed by atoms with Gasteiger partial charge < -0.3 is 19.3 Å². The first kappa shape index (κ1) is 16.5. The fourth-order valence-electron chi connectivity index (χ4n) is 2.79. The summed E-state index contributed by atoms with van der Waals surface area (Å²) in [6, 6.07) is 14.7. The Morgan fingerprint density at radius 3 is 2.75 bits per heavy atom. The molecule has 5 rings (SSSR count). The number of carbonyl (C=O) groups is 1. The van der Waals surface area contributed by atoms with Gasteiger partial charge in [0.05, 0.1) is 5.69 Å². The van der Waals surface area contributed by atoms with Crippen LogP contribution in [0.3, 0.4) is 0 Å². The maximum atomic E-state index is 13.0. The van der Waals surface area contributed by atoms with Crippen LogP contribution in [0.4, 0.5) is 5.69 Å². The Morgan fingerprint density at radius 1 is 1.07 bits per heavy atom. The lowest BCUT2D eigenvalue weighted by Crippen LogP contribution is -2.11. The molecule has 8 nitrogen and oxygen atoms in total. The van der Waals surface area contributed by atoms with Gasteiger partial charge in [-0.05, 0) is 12.1 Å². The zero-order chi connectivity index (χ0) is 18.9. The molecule has 2 aromatic carbocycles.